The van der Waals surface area contributed by atoms with E-state index in [1.54, 1.807) is 4.90 Å². The van der Waals surface area contributed by atoms with Gasteiger partial charge in [0.15, 0.2) is 0 Å². The van der Waals surface area contributed by atoms with Crippen LogP contribution in [0.2, 0.25) is 0 Å². The van der Waals surface area contributed by atoms with Crippen LogP contribution < -0.4 is 0 Å². The van der Waals surface area contributed by atoms with Crippen LogP contribution in [0.1, 0.15) is 122 Å². The standard InChI is InChI=1S/C25H51NO3/c1-4-5-6-7-8-9-10-11-12-13-14-15-16-17-18-19-22-29-23-20-21-24(25(27)28)26(2)3/h24H,4-23H2,1-3H3,(H,27,28). The Hall–Kier alpha value is -0.610. The van der Waals surface area contributed by atoms with Crippen LogP contribution in [0, 0.1) is 0 Å². The smallest absolute Gasteiger partial charge is 0.320 e. The van der Waals surface area contributed by atoms with Gasteiger partial charge in [-0.15, -0.1) is 0 Å². The van der Waals surface area contributed by atoms with Crippen LogP contribution >= 0.6 is 0 Å². The van der Waals surface area contributed by atoms with Gasteiger partial charge >= 0.3 is 5.97 Å². The van der Waals surface area contributed by atoms with Crippen molar-refractivity contribution in [2.45, 2.75) is 129 Å². The molecule has 0 aliphatic carbocycles. The van der Waals surface area contributed by atoms with Crippen molar-refractivity contribution in [3.8, 4) is 0 Å². The van der Waals surface area contributed by atoms with Crippen LogP contribution in [0.5, 0.6) is 0 Å². The predicted octanol–water partition coefficient (Wildman–Crippen LogP) is 7.06. The number of nitrogens with zero attached hydrogens (tertiary/aromatic N) is 1. The van der Waals surface area contributed by atoms with E-state index in [1.807, 2.05) is 14.1 Å². The molecule has 0 radical (unpaired) electrons. The van der Waals surface area contributed by atoms with Gasteiger partial charge in [0, 0.05) is 13.2 Å². The first-order valence-electron chi connectivity index (χ1n) is 12.6. The maximum atomic E-state index is 11.1. The molecule has 0 aromatic heterocycles. The van der Waals surface area contributed by atoms with Crippen LogP contribution in [-0.4, -0.2) is 49.3 Å². The summed E-state index contributed by atoms with van der Waals surface area (Å²) < 4.78 is 5.65. The normalized spacial score (nSPS) is 12.6. The third kappa shape index (κ3) is 20.4. The number of rotatable bonds is 23. The molecule has 0 heterocycles. The number of ether oxygens (including phenoxy) is 1. The molecular formula is C25H51NO3. The predicted molar refractivity (Wildman–Crippen MR) is 125 cm³/mol. The molecular weight excluding hydrogens is 362 g/mol. The lowest BCUT2D eigenvalue weighted by Crippen LogP contribution is -2.35. The quantitative estimate of drug-likeness (QED) is 0.182. The van der Waals surface area contributed by atoms with E-state index < -0.39 is 12.0 Å². The lowest BCUT2D eigenvalue weighted by Gasteiger charge is -2.19. The first-order valence-corrected chi connectivity index (χ1v) is 12.6. The zero-order valence-corrected chi connectivity index (χ0v) is 19.9. The summed E-state index contributed by atoms with van der Waals surface area (Å²) >= 11 is 0. The highest BCUT2D eigenvalue weighted by molar-refractivity contribution is 5.73. The average Bonchev–Trinajstić information content (AvgIpc) is 2.68. The Morgan fingerprint density at radius 3 is 1.45 bits per heavy atom. The summed E-state index contributed by atoms with van der Waals surface area (Å²) in [6, 6.07) is -0.394. The largest absolute Gasteiger partial charge is 0.480 e. The first kappa shape index (κ1) is 28.4. The molecule has 1 atom stereocenters. The van der Waals surface area contributed by atoms with Crippen molar-refractivity contribution in [2.75, 3.05) is 27.3 Å². The lowest BCUT2D eigenvalue weighted by atomic mass is 10.0. The van der Waals surface area contributed by atoms with Crippen molar-refractivity contribution >= 4 is 5.97 Å². The van der Waals surface area contributed by atoms with Gasteiger partial charge < -0.3 is 9.84 Å². The highest BCUT2D eigenvalue weighted by atomic mass is 16.5. The molecule has 0 bridgehead atoms. The third-order valence-corrected chi connectivity index (χ3v) is 5.82. The van der Waals surface area contributed by atoms with Gasteiger partial charge in [0.05, 0.1) is 0 Å². The van der Waals surface area contributed by atoms with E-state index in [0.29, 0.717) is 13.0 Å². The maximum absolute atomic E-state index is 11.1. The summed E-state index contributed by atoms with van der Waals surface area (Å²) in [6.07, 6.45) is 23.6. The van der Waals surface area contributed by atoms with Crippen LogP contribution in [0.25, 0.3) is 0 Å². The van der Waals surface area contributed by atoms with Gasteiger partial charge in [-0.05, 0) is 33.4 Å². The summed E-state index contributed by atoms with van der Waals surface area (Å²) in [5, 5.41) is 9.12. The minimum absolute atomic E-state index is 0.394. The van der Waals surface area contributed by atoms with Gasteiger partial charge in [0.25, 0.3) is 0 Å². The number of unbranched alkanes of at least 4 members (excludes halogenated alkanes) is 15. The molecule has 0 aliphatic heterocycles. The topological polar surface area (TPSA) is 49.8 Å². The molecule has 1 N–H and O–H groups in total. The molecule has 0 saturated carbocycles. The highest BCUT2D eigenvalue weighted by Gasteiger charge is 2.18. The number of aliphatic carboxylic acids is 1. The van der Waals surface area contributed by atoms with Gasteiger partial charge in [0.2, 0.25) is 0 Å². The van der Waals surface area contributed by atoms with Gasteiger partial charge in [-0.2, -0.15) is 0 Å². The summed E-state index contributed by atoms with van der Waals surface area (Å²) in [5.41, 5.74) is 0. The Morgan fingerprint density at radius 2 is 1.07 bits per heavy atom. The number of hydrogen-bond acceptors (Lipinski definition) is 3. The van der Waals surface area contributed by atoms with Crippen LogP contribution in [0.15, 0.2) is 0 Å². The van der Waals surface area contributed by atoms with Gasteiger partial charge in [0.1, 0.15) is 6.04 Å². The van der Waals surface area contributed by atoms with Crippen molar-refractivity contribution in [3.63, 3.8) is 0 Å². The van der Waals surface area contributed by atoms with Crippen molar-refractivity contribution in [1.82, 2.24) is 4.90 Å². The molecule has 0 aromatic carbocycles. The van der Waals surface area contributed by atoms with E-state index in [4.69, 9.17) is 9.84 Å². The Kier molecular flexibility index (Phi) is 21.6. The maximum Gasteiger partial charge on any atom is 0.320 e. The minimum atomic E-state index is -0.743. The summed E-state index contributed by atoms with van der Waals surface area (Å²) in [7, 11) is 3.63. The summed E-state index contributed by atoms with van der Waals surface area (Å²) in [4.78, 5) is 12.9. The van der Waals surface area contributed by atoms with Crippen molar-refractivity contribution in [3.05, 3.63) is 0 Å². The molecule has 0 spiro atoms. The zero-order valence-electron chi connectivity index (χ0n) is 19.9. The number of likely N-dealkylation sites (N-methyl/N-ethyl adjacent to an activating group) is 1. The fraction of sp³-hybridized carbons (Fsp3) is 0.960. The van der Waals surface area contributed by atoms with Gasteiger partial charge in [-0.3, -0.25) is 9.69 Å². The number of carbonyl (C=O) groups is 1. The zero-order chi connectivity index (χ0) is 21.6. The number of carboxylic acid groups (broad SMARTS) is 1. The molecule has 0 aromatic rings. The van der Waals surface area contributed by atoms with Crippen molar-refractivity contribution in [1.29, 1.82) is 0 Å². The van der Waals surface area contributed by atoms with E-state index in [-0.39, 0.29) is 0 Å². The fourth-order valence-corrected chi connectivity index (χ4v) is 3.84. The molecule has 0 aliphatic rings. The Balaban J connectivity index is 3.16. The highest BCUT2D eigenvalue weighted by Crippen LogP contribution is 2.13. The number of hydrogen-bond donors (Lipinski definition) is 1. The van der Waals surface area contributed by atoms with E-state index in [0.717, 1.165) is 19.4 Å². The molecule has 4 nitrogen and oxygen atoms in total. The Morgan fingerprint density at radius 1 is 0.690 bits per heavy atom. The molecule has 0 rings (SSSR count). The molecule has 29 heavy (non-hydrogen) atoms. The van der Waals surface area contributed by atoms with Crippen molar-refractivity contribution < 1.29 is 14.6 Å². The molecule has 0 amide bonds. The second-order valence-corrected chi connectivity index (χ2v) is 8.88. The monoisotopic (exact) mass is 413 g/mol. The second-order valence-electron chi connectivity index (χ2n) is 8.88. The van der Waals surface area contributed by atoms with Crippen LogP contribution in [0.4, 0.5) is 0 Å². The molecule has 4 heteroatoms. The van der Waals surface area contributed by atoms with E-state index >= 15 is 0 Å². The molecule has 0 fully saturated rings. The van der Waals surface area contributed by atoms with Crippen LogP contribution in [-0.2, 0) is 9.53 Å². The summed E-state index contributed by atoms with van der Waals surface area (Å²) in [5.74, 6) is -0.743. The SMILES string of the molecule is CCCCCCCCCCCCCCCCCCOCCCC(C(=O)O)N(C)C. The van der Waals surface area contributed by atoms with Crippen molar-refractivity contribution in [2.24, 2.45) is 0 Å². The first-order chi connectivity index (χ1) is 14.1. The lowest BCUT2D eigenvalue weighted by molar-refractivity contribution is -0.142. The molecule has 1 unspecified atom stereocenters. The summed E-state index contributed by atoms with van der Waals surface area (Å²) in [6.45, 7) is 3.78. The Bertz CT molecular complexity index is 347. The van der Waals surface area contributed by atoms with E-state index in [1.165, 1.54) is 96.3 Å². The fourth-order valence-electron chi connectivity index (χ4n) is 3.84. The van der Waals surface area contributed by atoms with Crippen LogP contribution in [0.3, 0.4) is 0 Å². The average molecular weight is 414 g/mol. The van der Waals surface area contributed by atoms with Gasteiger partial charge in [-0.25, -0.2) is 0 Å². The van der Waals surface area contributed by atoms with Gasteiger partial charge in [-0.1, -0.05) is 103 Å². The third-order valence-electron chi connectivity index (χ3n) is 5.82. The number of carboxylic acids is 1. The van der Waals surface area contributed by atoms with E-state index in [2.05, 4.69) is 6.92 Å². The Labute approximate surface area is 181 Å². The van der Waals surface area contributed by atoms with E-state index in [9.17, 15) is 4.79 Å². The minimum Gasteiger partial charge on any atom is -0.480 e. The molecule has 0 saturated heterocycles. The molecule has 174 valence electrons. The second kappa shape index (κ2) is 22.1.